The first kappa shape index (κ1) is 11.4. The van der Waals surface area contributed by atoms with Gasteiger partial charge in [0.1, 0.15) is 18.5 Å². The molecule has 7 heteroatoms. The molecule has 96 valence electrons. The minimum absolute atomic E-state index is 0.390. The Bertz CT molecular complexity index is 627. The monoisotopic (exact) mass is 255 g/mol. The van der Waals surface area contributed by atoms with Crippen LogP contribution in [0.15, 0.2) is 54.2 Å². The van der Waals surface area contributed by atoms with E-state index in [4.69, 9.17) is 11.5 Å². The molecule has 0 saturated heterocycles. The largest absolute Gasteiger partial charge is 0.384 e. The molecule has 0 bridgehead atoms. The summed E-state index contributed by atoms with van der Waals surface area (Å²) in [5.41, 5.74) is 13.6. The number of benzene rings is 1. The summed E-state index contributed by atoms with van der Waals surface area (Å²) in [6.45, 7) is 0. The summed E-state index contributed by atoms with van der Waals surface area (Å²) in [7, 11) is 0. The van der Waals surface area contributed by atoms with Crippen LogP contribution in [0.5, 0.6) is 0 Å². The Balaban J connectivity index is 1.93. The summed E-state index contributed by atoms with van der Waals surface area (Å²) in [4.78, 5) is 8.12. The van der Waals surface area contributed by atoms with Crippen LogP contribution < -0.4 is 16.8 Å². The number of amidine groups is 1. The van der Waals surface area contributed by atoms with E-state index in [1.165, 1.54) is 6.33 Å². The number of hydrogen-bond donors (Lipinski definition) is 3. The molecule has 2 aromatic rings. The first-order valence-electron chi connectivity index (χ1n) is 5.71. The van der Waals surface area contributed by atoms with Gasteiger partial charge < -0.3 is 11.1 Å². The van der Waals surface area contributed by atoms with Crippen LogP contribution in [0, 0.1) is 0 Å². The van der Waals surface area contributed by atoms with E-state index in [9.17, 15) is 0 Å². The summed E-state index contributed by atoms with van der Waals surface area (Å²) in [6, 6.07) is 7.54. The molecule has 0 radical (unpaired) electrons. The second-order valence-electron chi connectivity index (χ2n) is 4.17. The highest BCUT2D eigenvalue weighted by Crippen LogP contribution is 2.20. The van der Waals surface area contributed by atoms with E-state index in [-0.39, 0.29) is 0 Å². The molecule has 0 saturated carbocycles. The molecule has 0 spiro atoms. The third-order valence-corrected chi connectivity index (χ3v) is 2.85. The van der Waals surface area contributed by atoms with Gasteiger partial charge in [0, 0.05) is 11.8 Å². The minimum atomic E-state index is -1.03. The van der Waals surface area contributed by atoms with Crippen LogP contribution in [-0.2, 0) is 5.79 Å². The van der Waals surface area contributed by atoms with Crippen molar-refractivity contribution in [3.8, 4) is 5.69 Å². The Hall–Kier alpha value is -2.67. The third-order valence-electron chi connectivity index (χ3n) is 2.85. The van der Waals surface area contributed by atoms with Gasteiger partial charge in [0.15, 0.2) is 0 Å². The Morgan fingerprint density at radius 1 is 1.21 bits per heavy atom. The highest BCUT2D eigenvalue weighted by molar-refractivity contribution is 5.92. The zero-order valence-electron chi connectivity index (χ0n) is 10.1. The molecule has 1 aromatic heterocycles. The lowest BCUT2D eigenvalue weighted by Crippen LogP contribution is -2.49. The molecular formula is C12H13N7. The zero-order valence-corrected chi connectivity index (χ0v) is 10.1. The molecule has 1 unspecified atom stereocenters. The van der Waals surface area contributed by atoms with Crippen molar-refractivity contribution in [1.29, 1.82) is 0 Å². The van der Waals surface area contributed by atoms with E-state index in [0.29, 0.717) is 5.84 Å². The normalized spacial score (nSPS) is 21.8. The fourth-order valence-electron chi connectivity index (χ4n) is 1.88. The van der Waals surface area contributed by atoms with E-state index in [1.54, 1.807) is 23.3 Å². The molecule has 0 aliphatic carbocycles. The fourth-order valence-corrected chi connectivity index (χ4v) is 1.88. The van der Waals surface area contributed by atoms with Gasteiger partial charge in [-0.3, -0.25) is 5.73 Å². The number of hydrogen-bond acceptors (Lipinski definition) is 6. The molecule has 3 rings (SSSR count). The summed E-state index contributed by atoms with van der Waals surface area (Å²) in [5, 5.41) is 7.05. The van der Waals surface area contributed by atoms with Gasteiger partial charge in [-0.15, -0.1) is 0 Å². The topological polar surface area (TPSA) is 107 Å². The van der Waals surface area contributed by atoms with Crippen LogP contribution in [0.4, 0.5) is 0 Å². The molecule has 2 heterocycles. The Kier molecular flexibility index (Phi) is 2.53. The molecule has 0 amide bonds. The summed E-state index contributed by atoms with van der Waals surface area (Å²) in [5.74, 6) is -0.638. The average molecular weight is 255 g/mol. The Morgan fingerprint density at radius 2 is 2.00 bits per heavy atom. The lowest BCUT2D eigenvalue weighted by Gasteiger charge is -2.28. The first-order chi connectivity index (χ1) is 9.17. The van der Waals surface area contributed by atoms with Crippen LogP contribution in [0.25, 0.3) is 5.69 Å². The highest BCUT2D eigenvalue weighted by Gasteiger charge is 2.27. The van der Waals surface area contributed by atoms with Crippen LogP contribution in [0.3, 0.4) is 0 Å². The molecule has 1 aliphatic rings. The number of nitrogens with zero attached hydrogens (tertiary/aromatic N) is 4. The van der Waals surface area contributed by atoms with Gasteiger partial charge in [-0.2, -0.15) is 5.10 Å². The minimum Gasteiger partial charge on any atom is -0.384 e. The predicted octanol–water partition coefficient (Wildman–Crippen LogP) is -0.190. The second kappa shape index (κ2) is 4.21. The average Bonchev–Trinajstić information content (AvgIpc) is 2.92. The van der Waals surface area contributed by atoms with E-state index in [1.807, 2.05) is 24.3 Å². The van der Waals surface area contributed by atoms with Crippen molar-refractivity contribution >= 4 is 5.84 Å². The predicted molar refractivity (Wildman–Crippen MR) is 71.1 cm³/mol. The maximum absolute atomic E-state index is 6.17. The Labute approximate surface area is 109 Å². The van der Waals surface area contributed by atoms with Crippen molar-refractivity contribution < 1.29 is 0 Å². The SMILES string of the molecule is NC1=NC(N)(c2ccc(-n3cncn3)cc2)NC=C1. The lowest BCUT2D eigenvalue weighted by molar-refractivity contribution is 0.410. The summed E-state index contributed by atoms with van der Waals surface area (Å²) >= 11 is 0. The van der Waals surface area contributed by atoms with E-state index in [0.717, 1.165) is 11.3 Å². The quantitative estimate of drug-likeness (QED) is 0.689. The third kappa shape index (κ3) is 2.06. The van der Waals surface area contributed by atoms with Crippen molar-refractivity contribution in [2.24, 2.45) is 16.5 Å². The number of aromatic nitrogens is 3. The molecule has 19 heavy (non-hydrogen) atoms. The molecule has 5 N–H and O–H groups in total. The smallest absolute Gasteiger partial charge is 0.211 e. The summed E-state index contributed by atoms with van der Waals surface area (Å²) in [6.07, 6.45) is 6.46. The van der Waals surface area contributed by atoms with Crippen LogP contribution in [0.1, 0.15) is 5.56 Å². The second-order valence-corrected chi connectivity index (χ2v) is 4.17. The zero-order chi connectivity index (χ0) is 13.3. The molecule has 0 fully saturated rings. The fraction of sp³-hybridized carbons (Fsp3) is 0.0833. The first-order valence-corrected chi connectivity index (χ1v) is 5.71. The van der Waals surface area contributed by atoms with Gasteiger partial charge in [0.2, 0.25) is 5.79 Å². The van der Waals surface area contributed by atoms with Crippen LogP contribution >= 0.6 is 0 Å². The Morgan fingerprint density at radius 3 is 2.63 bits per heavy atom. The maximum Gasteiger partial charge on any atom is 0.211 e. The standard InChI is InChI=1S/C12H13N7/c13-11-5-6-16-12(14,18-11)9-1-3-10(4-2-9)19-8-15-7-17-19/h1-8,16H,14H2,(H2,13,18). The molecule has 1 aliphatic heterocycles. The van der Waals surface area contributed by atoms with Crippen molar-refractivity contribution in [2.45, 2.75) is 5.79 Å². The van der Waals surface area contributed by atoms with E-state index >= 15 is 0 Å². The number of nitrogens with two attached hydrogens (primary N) is 2. The maximum atomic E-state index is 6.17. The molecular weight excluding hydrogens is 242 g/mol. The van der Waals surface area contributed by atoms with E-state index in [2.05, 4.69) is 20.4 Å². The van der Waals surface area contributed by atoms with Crippen molar-refractivity contribution in [1.82, 2.24) is 20.1 Å². The van der Waals surface area contributed by atoms with Gasteiger partial charge in [-0.05, 0) is 18.2 Å². The number of rotatable bonds is 2. The van der Waals surface area contributed by atoms with Crippen molar-refractivity contribution in [3.05, 3.63) is 54.8 Å². The van der Waals surface area contributed by atoms with Gasteiger partial charge in [0.25, 0.3) is 0 Å². The van der Waals surface area contributed by atoms with Crippen molar-refractivity contribution in [2.75, 3.05) is 0 Å². The van der Waals surface area contributed by atoms with Crippen LogP contribution in [0.2, 0.25) is 0 Å². The lowest BCUT2D eigenvalue weighted by atomic mass is 10.1. The number of nitrogens with one attached hydrogen (secondary N) is 1. The molecule has 7 nitrogen and oxygen atoms in total. The van der Waals surface area contributed by atoms with E-state index < -0.39 is 5.79 Å². The van der Waals surface area contributed by atoms with Gasteiger partial charge >= 0.3 is 0 Å². The van der Waals surface area contributed by atoms with Gasteiger partial charge in [-0.25, -0.2) is 14.7 Å². The van der Waals surface area contributed by atoms with Gasteiger partial charge in [0.05, 0.1) is 5.69 Å². The molecule has 1 atom stereocenters. The summed E-state index contributed by atoms with van der Waals surface area (Å²) < 4.78 is 1.67. The number of aliphatic imine (C=N–C) groups is 1. The van der Waals surface area contributed by atoms with Gasteiger partial charge in [-0.1, -0.05) is 12.1 Å². The molecule has 1 aromatic carbocycles. The highest BCUT2D eigenvalue weighted by atomic mass is 15.3. The van der Waals surface area contributed by atoms with Crippen molar-refractivity contribution in [3.63, 3.8) is 0 Å². The van der Waals surface area contributed by atoms with Crippen LogP contribution in [-0.4, -0.2) is 20.6 Å².